The molecule has 0 radical (unpaired) electrons. The molecule has 4 aromatic rings. The Bertz CT molecular complexity index is 1380. The van der Waals surface area contributed by atoms with Crippen LogP contribution in [-0.4, -0.2) is 50.8 Å². The maximum absolute atomic E-state index is 12.4. The lowest BCUT2D eigenvalue weighted by atomic mass is 9.99. The van der Waals surface area contributed by atoms with Gasteiger partial charge in [-0.2, -0.15) is 0 Å². The summed E-state index contributed by atoms with van der Waals surface area (Å²) >= 11 is 6.11. The van der Waals surface area contributed by atoms with Crippen LogP contribution in [0.15, 0.2) is 97.1 Å². The zero-order chi connectivity index (χ0) is 27.0. The van der Waals surface area contributed by atoms with Gasteiger partial charge in [-0.05, 0) is 46.5 Å². The summed E-state index contributed by atoms with van der Waals surface area (Å²) in [6.45, 7) is 5.05. The fourth-order valence-corrected chi connectivity index (χ4v) is 5.13. The van der Waals surface area contributed by atoms with Gasteiger partial charge in [-0.3, -0.25) is 4.90 Å². The molecule has 1 fully saturated rings. The molecule has 0 saturated carbocycles. The van der Waals surface area contributed by atoms with Gasteiger partial charge >= 0.3 is 5.97 Å². The Morgan fingerprint density at radius 2 is 1.56 bits per heavy atom. The number of nitrogens with zero attached hydrogens (tertiary/aromatic N) is 2. The standard InChI is InChI=1S/C33H33ClN2O3/c1-38-33(37)31-16-15-29(23-32(31)39-22-17-25-7-3-2-4-8-25)36-20-18-35(19-21-36)24-27-9-5-6-10-30(27)26-11-13-28(34)14-12-26/h2-16,23H,17-22,24H2,1H3. The van der Waals surface area contributed by atoms with E-state index >= 15 is 0 Å². The average molecular weight is 541 g/mol. The lowest BCUT2D eigenvalue weighted by Gasteiger charge is -2.36. The summed E-state index contributed by atoms with van der Waals surface area (Å²) in [6.07, 6.45) is 0.766. The van der Waals surface area contributed by atoms with E-state index in [0.29, 0.717) is 17.9 Å². The van der Waals surface area contributed by atoms with Crippen LogP contribution >= 0.6 is 11.6 Å². The highest BCUT2D eigenvalue weighted by atomic mass is 35.5. The minimum atomic E-state index is -0.388. The molecule has 0 atom stereocenters. The highest BCUT2D eigenvalue weighted by Crippen LogP contribution is 2.29. The van der Waals surface area contributed by atoms with Gasteiger partial charge in [0.05, 0.1) is 13.7 Å². The van der Waals surface area contributed by atoms with Crippen molar-refractivity contribution >= 4 is 23.3 Å². The summed E-state index contributed by atoms with van der Waals surface area (Å²) in [6, 6.07) is 32.6. The van der Waals surface area contributed by atoms with Crippen LogP contribution in [0, 0.1) is 0 Å². The number of carbonyl (C=O) groups excluding carboxylic acids is 1. The van der Waals surface area contributed by atoms with Crippen molar-refractivity contribution in [2.75, 3.05) is 44.8 Å². The molecule has 0 unspecified atom stereocenters. The lowest BCUT2D eigenvalue weighted by molar-refractivity contribution is 0.0596. The predicted molar refractivity (Wildman–Crippen MR) is 158 cm³/mol. The van der Waals surface area contributed by atoms with E-state index < -0.39 is 0 Å². The van der Waals surface area contributed by atoms with Crippen molar-refractivity contribution in [1.82, 2.24) is 4.90 Å². The number of benzene rings is 4. The minimum absolute atomic E-state index is 0.388. The predicted octanol–water partition coefficient (Wildman–Crippen LogP) is 6.74. The Hall–Kier alpha value is -3.80. The van der Waals surface area contributed by atoms with Gasteiger partial charge < -0.3 is 14.4 Å². The molecule has 5 nitrogen and oxygen atoms in total. The number of methoxy groups -OCH3 is 1. The number of hydrogen-bond donors (Lipinski definition) is 0. The van der Waals surface area contributed by atoms with E-state index in [1.165, 1.54) is 29.4 Å². The van der Waals surface area contributed by atoms with Crippen molar-refractivity contribution in [1.29, 1.82) is 0 Å². The first kappa shape index (κ1) is 26.8. The zero-order valence-corrected chi connectivity index (χ0v) is 22.9. The van der Waals surface area contributed by atoms with Gasteiger partial charge in [0, 0.05) is 55.9 Å². The molecule has 1 aliphatic rings. The highest BCUT2D eigenvalue weighted by Gasteiger charge is 2.21. The molecule has 0 amide bonds. The molecule has 6 heteroatoms. The second-order valence-electron chi connectivity index (χ2n) is 9.68. The molecule has 0 spiro atoms. The molecule has 0 N–H and O–H groups in total. The Morgan fingerprint density at radius 1 is 0.846 bits per heavy atom. The molecule has 4 aromatic carbocycles. The second-order valence-corrected chi connectivity index (χ2v) is 10.1. The summed E-state index contributed by atoms with van der Waals surface area (Å²) in [5.41, 5.74) is 6.43. The largest absolute Gasteiger partial charge is 0.492 e. The van der Waals surface area contributed by atoms with Gasteiger partial charge in [0.2, 0.25) is 0 Å². The smallest absolute Gasteiger partial charge is 0.341 e. The van der Waals surface area contributed by atoms with Crippen molar-refractivity contribution < 1.29 is 14.3 Å². The van der Waals surface area contributed by atoms with E-state index in [1.54, 1.807) is 0 Å². The van der Waals surface area contributed by atoms with Crippen LogP contribution in [0.3, 0.4) is 0 Å². The number of carbonyl (C=O) groups is 1. The number of halogens is 1. The van der Waals surface area contributed by atoms with Gasteiger partial charge in [0.1, 0.15) is 11.3 Å². The first-order chi connectivity index (χ1) is 19.1. The average Bonchev–Trinajstić information content (AvgIpc) is 2.98. The van der Waals surface area contributed by atoms with Crippen LogP contribution in [0.5, 0.6) is 5.75 Å². The number of piperazine rings is 1. The highest BCUT2D eigenvalue weighted by molar-refractivity contribution is 6.30. The molecule has 0 aromatic heterocycles. The summed E-state index contributed by atoms with van der Waals surface area (Å²) in [5.74, 6) is 0.176. The Kier molecular flexibility index (Phi) is 8.82. The fourth-order valence-electron chi connectivity index (χ4n) is 5.00. The molecule has 0 aliphatic carbocycles. The first-order valence-corrected chi connectivity index (χ1v) is 13.7. The minimum Gasteiger partial charge on any atom is -0.492 e. The summed E-state index contributed by atoms with van der Waals surface area (Å²) in [7, 11) is 1.40. The topological polar surface area (TPSA) is 42.0 Å². The third-order valence-corrected chi connectivity index (χ3v) is 7.42. The number of ether oxygens (including phenoxy) is 2. The molecule has 200 valence electrons. The maximum Gasteiger partial charge on any atom is 0.341 e. The normalized spacial score (nSPS) is 13.7. The van der Waals surface area contributed by atoms with E-state index in [9.17, 15) is 4.79 Å². The van der Waals surface area contributed by atoms with Crippen molar-refractivity contribution in [2.45, 2.75) is 13.0 Å². The fraction of sp³-hybridized carbons (Fsp3) is 0.242. The summed E-state index contributed by atoms with van der Waals surface area (Å²) in [5, 5.41) is 0.747. The lowest BCUT2D eigenvalue weighted by Crippen LogP contribution is -2.46. The molecule has 1 aliphatic heterocycles. The number of anilines is 1. The van der Waals surface area contributed by atoms with Gasteiger partial charge in [-0.25, -0.2) is 4.79 Å². The van der Waals surface area contributed by atoms with Gasteiger partial charge in [-0.1, -0.05) is 78.3 Å². The second kappa shape index (κ2) is 12.8. The molecule has 1 saturated heterocycles. The number of hydrogen-bond acceptors (Lipinski definition) is 5. The third kappa shape index (κ3) is 6.80. The molecular formula is C33H33ClN2O3. The third-order valence-electron chi connectivity index (χ3n) is 7.17. The van der Waals surface area contributed by atoms with Crippen LogP contribution in [-0.2, 0) is 17.7 Å². The van der Waals surface area contributed by atoms with Crippen LogP contribution in [0.25, 0.3) is 11.1 Å². The molecule has 39 heavy (non-hydrogen) atoms. The van der Waals surface area contributed by atoms with Crippen LogP contribution in [0.1, 0.15) is 21.5 Å². The van der Waals surface area contributed by atoms with E-state index in [0.717, 1.165) is 49.9 Å². The monoisotopic (exact) mass is 540 g/mol. The Morgan fingerprint density at radius 3 is 2.31 bits per heavy atom. The number of esters is 1. The van der Waals surface area contributed by atoms with Gasteiger partial charge in [0.15, 0.2) is 0 Å². The van der Waals surface area contributed by atoms with E-state index in [1.807, 2.05) is 48.5 Å². The van der Waals surface area contributed by atoms with E-state index in [2.05, 4.69) is 58.3 Å². The molecule has 1 heterocycles. The van der Waals surface area contributed by atoms with Crippen LogP contribution in [0.2, 0.25) is 5.02 Å². The Labute approximate surface area is 235 Å². The van der Waals surface area contributed by atoms with Crippen molar-refractivity contribution in [3.8, 4) is 16.9 Å². The SMILES string of the molecule is COC(=O)c1ccc(N2CCN(Cc3ccccc3-c3ccc(Cl)cc3)CC2)cc1OCCc1ccccc1. The van der Waals surface area contributed by atoms with Gasteiger partial charge in [-0.15, -0.1) is 0 Å². The summed E-state index contributed by atoms with van der Waals surface area (Å²) < 4.78 is 11.1. The number of rotatable bonds is 9. The van der Waals surface area contributed by atoms with Crippen molar-refractivity contribution in [3.63, 3.8) is 0 Å². The quantitative estimate of drug-likeness (QED) is 0.220. The van der Waals surface area contributed by atoms with Crippen molar-refractivity contribution in [2.24, 2.45) is 0 Å². The van der Waals surface area contributed by atoms with Gasteiger partial charge in [0.25, 0.3) is 0 Å². The molecule has 5 rings (SSSR count). The van der Waals surface area contributed by atoms with Crippen LogP contribution in [0.4, 0.5) is 5.69 Å². The van der Waals surface area contributed by atoms with E-state index in [4.69, 9.17) is 21.1 Å². The molecular weight excluding hydrogens is 508 g/mol. The Balaban J connectivity index is 1.24. The first-order valence-electron chi connectivity index (χ1n) is 13.3. The zero-order valence-electron chi connectivity index (χ0n) is 22.2. The molecule has 0 bridgehead atoms. The van der Waals surface area contributed by atoms with E-state index in [-0.39, 0.29) is 5.97 Å². The van der Waals surface area contributed by atoms with Crippen LogP contribution < -0.4 is 9.64 Å². The summed E-state index contributed by atoms with van der Waals surface area (Å²) in [4.78, 5) is 17.2. The maximum atomic E-state index is 12.4. The van der Waals surface area contributed by atoms with Crippen molar-refractivity contribution in [3.05, 3.63) is 119 Å².